The summed E-state index contributed by atoms with van der Waals surface area (Å²) in [4.78, 5) is 0. The minimum atomic E-state index is 0.533. The van der Waals surface area contributed by atoms with Gasteiger partial charge in [0.05, 0.1) is 0 Å². The second kappa shape index (κ2) is 4.49. The summed E-state index contributed by atoms with van der Waals surface area (Å²) in [7, 11) is 0. The molecule has 4 aliphatic carbocycles. The Labute approximate surface area is 131 Å². The monoisotopic (exact) mass is 284 g/mol. The molecule has 2 fully saturated rings. The first kappa shape index (κ1) is 14.1. The van der Waals surface area contributed by atoms with E-state index >= 15 is 0 Å². The topological polar surface area (TPSA) is 0 Å². The van der Waals surface area contributed by atoms with Crippen molar-refractivity contribution in [3.63, 3.8) is 0 Å². The van der Waals surface area contributed by atoms with Crippen molar-refractivity contribution in [2.75, 3.05) is 0 Å². The fraction of sp³-hybridized carbons (Fsp3) is 0.810. The van der Waals surface area contributed by atoms with Gasteiger partial charge >= 0.3 is 0 Å². The van der Waals surface area contributed by atoms with E-state index in [9.17, 15) is 0 Å². The van der Waals surface area contributed by atoms with Gasteiger partial charge in [-0.05, 0) is 86.4 Å². The summed E-state index contributed by atoms with van der Waals surface area (Å²) in [5.74, 6) is 3.79. The zero-order valence-electron chi connectivity index (χ0n) is 14.4. The molecule has 0 aromatic heterocycles. The fourth-order valence-electron chi connectivity index (χ4n) is 6.62. The van der Waals surface area contributed by atoms with Crippen LogP contribution in [0.2, 0.25) is 0 Å². The number of hydrogen-bond donors (Lipinski definition) is 0. The molecule has 0 aromatic carbocycles. The van der Waals surface area contributed by atoms with E-state index in [2.05, 4.69) is 39.8 Å². The van der Waals surface area contributed by atoms with E-state index in [0.717, 1.165) is 23.7 Å². The van der Waals surface area contributed by atoms with Crippen molar-refractivity contribution in [3.05, 3.63) is 23.3 Å². The standard InChI is InChI=1S/C21H32/c1-14-9-11-21(4)16(13-14)6-7-17-18-8-5-15(2)20(18,3)12-10-19(17)21/h5-6,14,17-19H,7-13H2,1-4H3/t14-,17?,18?,19?,20+,21-/m0/s1. The van der Waals surface area contributed by atoms with E-state index in [1.54, 1.807) is 5.57 Å². The Kier molecular flexibility index (Phi) is 3.02. The highest BCUT2D eigenvalue weighted by Gasteiger charge is 2.55. The van der Waals surface area contributed by atoms with Gasteiger partial charge < -0.3 is 0 Å². The Morgan fingerprint density at radius 3 is 2.52 bits per heavy atom. The van der Waals surface area contributed by atoms with Gasteiger partial charge in [-0.15, -0.1) is 0 Å². The van der Waals surface area contributed by atoms with Gasteiger partial charge in [-0.3, -0.25) is 0 Å². The first-order valence-corrected chi connectivity index (χ1v) is 9.32. The van der Waals surface area contributed by atoms with Gasteiger partial charge in [0, 0.05) is 0 Å². The Balaban J connectivity index is 1.68. The van der Waals surface area contributed by atoms with Gasteiger partial charge in [0.25, 0.3) is 0 Å². The smallest absolute Gasteiger partial charge is 0.00850 e. The van der Waals surface area contributed by atoms with Crippen LogP contribution in [0, 0.1) is 34.5 Å². The van der Waals surface area contributed by atoms with Gasteiger partial charge in [-0.1, -0.05) is 44.1 Å². The third-order valence-electron chi connectivity index (χ3n) is 8.32. The maximum absolute atomic E-state index is 2.69. The molecule has 0 heteroatoms. The van der Waals surface area contributed by atoms with Crippen LogP contribution in [0.15, 0.2) is 23.3 Å². The molecule has 0 nitrogen and oxygen atoms in total. The lowest BCUT2D eigenvalue weighted by Crippen LogP contribution is -2.49. The van der Waals surface area contributed by atoms with E-state index in [1.807, 2.05) is 5.57 Å². The molecule has 0 bridgehead atoms. The summed E-state index contributed by atoms with van der Waals surface area (Å²) in [6.07, 6.45) is 15.2. The molecule has 116 valence electrons. The van der Waals surface area contributed by atoms with Crippen molar-refractivity contribution in [2.45, 2.75) is 72.6 Å². The lowest BCUT2D eigenvalue weighted by Gasteiger charge is -2.57. The molecule has 0 amide bonds. The van der Waals surface area contributed by atoms with E-state index in [1.165, 1.54) is 44.9 Å². The zero-order valence-corrected chi connectivity index (χ0v) is 14.4. The maximum Gasteiger partial charge on any atom is -0.00850 e. The lowest BCUT2D eigenvalue weighted by atomic mass is 9.47. The average Bonchev–Trinajstić information content (AvgIpc) is 2.76. The first-order valence-electron chi connectivity index (χ1n) is 9.32. The van der Waals surface area contributed by atoms with Crippen LogP contribution in [0.25, 0.3) is 0 Å². The molecule has 4 aliphatic rings. The number of fused-ring (bicyclic) bond motifs is 5. The minimum Gasteiger partial charge on any atom is -0.0847 e. The Bertz CT molecular complexity index is 510. The normalized spacial score (nSPS) is 52.4. The summed E-state index contributed by atoms with van der Waals surface area (Å²) in [5, 5.41) is 0. The predicted octanol–water partition coefficient (Wildman–Crippen LogP) is 6.14. The Morgan fingerprint density at radius 1 is 0.952 bits per heavy atom. The zero-order chi connectivity index (χ0) is 14.8. The summed E-state index contributed by atoms with van der Waals surface area (Å²) in [6, 6.07) is 0. The molecule has 2 saturated carbocycles. The van der Waals surface area contributed by atoms with Crippen molar-refractivity contribution < 1.29 is 0 Å². The van der Waals surface area contributed by atoms with Crippen LogP contribution in [0.3, 0.4) is 0 Å². The molecular formula is C21H32. The quantitative estimate of drug-likeness (QED) is 0.469. The molecule has 0 heterocycles. The molecule has 6 atom stereocenters. The van der Waals surface area contributed by atoms with Crippen molar-refractivity contribution in [3.8, 4) is 0 Å². The maximum atomic E-state index is 2.69. The summed E-state index contributed by atoms with van der Waals surface area (Å²) in [6.45, 7) is 10.0. The second-order valence-corrected chi connectivity index (χ2v) is 9.19. The van der Waals surface area contributed by atoms with E-state index in [4.69, 9.17) is 0 Å². The van der Waals surface area contributed by atoms with Crippen molar-refractivity contribution in [2.24, 2.45) is 34.5 Å². The number of rotatable bonds is 0. The summed E-state index contributed by atoms with van der Waals surface area (Å²) < 4.78 is 0. The molecule has 3 unspecified atom stereocenters. The molecule has 0 saturated heterocycles. The van der Waals surface area contributed by atoms with Crippen LogP contribution >= 0.6 is 0 Å². The third kappa shape index (κ3) is 1.80. The van der Waals surface area contributed by atoms with Crippen LogP contribution in [0.1, 0.15) is 72.6 Å². The number of allylic oxidation sites excluding steroid dienone is 4. The van der Waals surface area contributed by atoms with Crippen LogP contribution in [0.5, 0.6) is 0 Å². The molecule has 0 spiro atoms. The SMILES string of the molecule is CC1=CCC2C3CC=C4C[C@@H](C)CC[C@]4(C)C3CC[C@]12C. The lowest BCUT2D eigenvalue weighted by molar-refractivity contribution is -0.0202. The molecule has 4 rings (SSSR count). The molecule has 21 heavy (non-hydrogen) atoms. The van der Waals surface area contributed by atoms with E-state index < -0.39 is 0 Å². The Hall–Kier alpha value is -0.520. The van der Waals surface area contributed by atoms with Crippen molar-refractivity contribution in [1.29, 1.82) is 0 Å². The van der Waals surface area contributed by atoms with Crippen LogP contribution in [-0.4, -0.2) is 0 Å². The highest BCUT2D eigenvalue weighted by Crippen LogP contribution is 2.65. The largest absolute Gasteiger partial charge is 0.0847 e. The van der Waals surface area contributed by atoms with Crippen LogP contribution in [0.4, 0.5) is 0 Å². The van der Waals surface area contributed by atoms with Crippen LogP contribution in [-0.2, 0) is 0 Å². The molecule has 0 radical (unpaired) electrons. The molecule has 0 aromatic rings. The third-order valence-corrected chi connectivity index (χ3v) is 8.32. The minimum absolute atomic E-state index is 0.533. The second-order valence-electron chi connectivity index (χ2n) is 9.19. The highest BCUT2D eigenvalue weighted by atomic mass is 14.6. The fourth-order valence-corrected chi connectivity index (χ4v) is 6.62. The van der Waals surface area contributed by atoms with Gasteiger partial charge in [-0.2, -0.15) is 0 Å². The molecule has 0 N–H and O–H groups in total. The van der Waals surface area contributed by atoms with Crippen molar-refractivity contribution >= 4 is 0 Å². The van der Waals surface area contributed by atoms with E-state index in [0.29, 0.717) is 10.8 Å². The van der Waals surface area contributed by atoms with Gasteiger partial charge in [0.15, 0.2) is 0 Å². The average molecular weight is 284 g/mol. The van der Waals surface area contributed by atoms with Gasteiger partial charge in [0.2, 0.25) is 0 Å². The molecule has 0 aliphatic heterocycles. The van der Waals surface area contributed by atoms with Gasteiger partial charge in [-0.25, -0.2) is 0 Å². The van der Waals surface area contributed by atoms with Crippen LogP contribution < -0.4 is 0 Å². The first-order chi connectivity index (χ1) is 9.95. The van der Waals surface area contributed by atoms with E-state index in [-0.39, 0.29) is 0 Å². The highest BCUT2D eigenvalue weighted by molar-refractivity contribution is 5.29. The van der Waals surface area contributed by atoms with Crippen molar-refractivity contribution in [1.82, 2.24) is 0 Å². The Morgan fingerprint density at radius 2 is 1.71 bits per heavy atom. The molecular weight excluding hydrogens is 252 g/mol. The van der Waals surface area contributed by atoms with Gasteiger partial charge in [0.1, 0.15) is 0 Å². The summed E-state index contributed by atoms with van der Waals surface area (Å²) in [5.41, 5.74) is 4.62. The predicted molar refractivity (Wildman–Crippen MR) is 90.0 cm³/mol. The summed E-state index contributed by atoms with van der Waals surface area (Å²) >= 11 is 0. The number of hydrogen-bond acceptors (Lipinski definition) is 0.